The summed E-state index contributed by atoms with van der Waals surface area (Å²) in [4.78, 5) is 46.5. The van der Waals surface area contributed by atoms with Crippen molar-refractivity contribution in [2.24, 2.45) is 0 Å². The quantitative estimate of drug-likeness (QED) is 0.517. The zero-order chi connectivity index (χ0) is 19.3. The normalized spacial score (nSPS) is 17.0. The Morgan fingerprint density at radius 1 is 1.18 bits per heavy atom. The zero-order valence-corrected chi connectivity index (χ0v) is 15.4. The number of H-pyrrole nitrogens is 1. The van der Waals surface area contributed by atoms with Crippen LogP contribution in [0.25, 0.3) is 15.9 Å². The summed E-state index contributed by atoms with van der Waals surface area (Å²) in [6.07, 6.45) is 3.90. The molecule has 0 spiro atoms. The molecule has 3 aromatic heterocycles. The summed E-state index contributed by atoms with van der Waals surface area (Å²) in [5.74, 6) is -0.316. The van der Waals surface area contributed by atoms with Crippen LogP contribution < -0.4 is 10.9 Å². The van der Waals surface area contributed by atoms with E-state index >= 15 is 0 Å². The summed E-state index contributed by atoms with van der Waals surface area (Å²) in [6, 6.07) is 8.06. The minimum absolute atomic E-state index is 0.0291. The van der Waals surface area contributed by atoms with Crippen molar-refractivity contribution in [1.29, 1.82) is 0 Å². The maximum atomic E-state index is 12.8. The van der Waals surface area contributed by atoms with Crippen LogP contribution in [0.15, 0.2) is 52.9 Å². The third kappa shape index (κ3) is 2.67. The monoisotopic (exact) mass is 393 g/mol. The van der Waals surface area contributed by atoms with Crippen molar-refractivity contribution < 1.29 is 9.59 Å². The molecule has 0 radical (unpaired) electrons. The molecule has 1 aliphatic heterocycles. The first-order valence-corrected chi connectivity index (χ1v) is 9.61. The molecule has 0 saturated carbocycles. The molecule has 0 bridgehead atoms. The maximum Gasteiger partial charge on any atom is 0.325 e. The number of carbonyl (C=O) groups is 2. The Balaban J connectivity index is 1.38. The number of carbonyl (C=O) groups excluding carboxylic acids is 2. The number of thiazole rings is 1. The highest BCUT2D eigenvalue weighted by atomic mass is 32.1. The largest absolute Gasteiger partial charge is 0.361 e. The van der Waals surface area contributed by atoms with E-state index in [9.17, 15) is 14.4 Å². The molecule has 1 aliphatic rings. The Hall–Kier alpha value is -3.46. The van der Waals surface area contributed by atoms with E-state index in [0.717, 1.165) is 21.4 Å². The Labute approximate surface area is 162 Å². The lowest BCUT2D eigenvalue weighted by molar-refractivity contribution is -0.127. The van der Waals surface area contributed by atoms with E-state index < -0.39 is 12.1 Å². The summed E-state index contributed by atoms with van der Waals surface area (Å²) in [5.41, 5.74) is 2.11. The second-order valence-electron chi connectivity index (χ2n) is 6.63. The lowest BCUT2D eigenvalue weighted by Crippen LogP contribution is -2.32. The summed E-state index contributed by atoms with van der Waals surface area (Å²) >= 11 is 1.32. The van der Waals surface area contributed by atoms with Crippen LogP contribution in [0.4, 0.5) is 4.79 Å². The van der Waals surface area contributed by atoms with Crippen molar-refractivity contribution in [2.45, 2.75) is 19.0 Å². The molecule has 3 amide bonds. The molecule has 1 saturated heterocycles. The number of aromatic nitrogens is 3. The number of amides is 3. The maximum absolute atomic E-state index is 12.8. The first-order valence-electron chi connectivity index (χ1n) is 8.73. The molecule has 8 nitrogen and oxygen atoms in total. The molecular weight excluding hydrogens is 378 g/mol. The number of urea groups is 1. The Bertz CT molecular complexity index is 1290. The average molecular weight is 393 g/mol. The minimum atomic E-state index is -0.640. The van der Waals surface area contributed by atoms with Crippen LogP contribution in [0.3, 0.4) is 0 Å². The highest BCUT2D eigenvalue weighted by molar-refractivity contribution is 7.15. The van der Waals surface area contributed by atoms with Gasteiger partial charge in [-0.2, -0.15) is 0 Å². The van der Waals surface area contributed by atoms with Gasteiger partial charge in [-0.05, 0) is 11.6 Å². The summed E-state index contributed by atoms with van der Waals surface area (Å²) < 4.78 is 1.43. The van der Waals surface area contributed by atoms with Crippen molar-refractivity contribution in [3.05, 3.63) is 69.7 Å². The SMILES string of the molecule is O=C1N[C@H](Cc2c[nH]c3ccccc23)C(=O)N1Cc1cc(=O)n2ccsc2n1. The van der Waals surface area contributed by atoms with Gasteiger partial charge in [0.05, 0.1) is 12.2 Å². The number of imide groups is 1. The first-order chi connectivity index (χ1) is 13.6. The second kappa shape index (κ2) is 6.31. The molecule has 1 aromatic carbocycles. The van der Waals surface area contributed by atoms with E-state index in [0.29, 0.717) is 17.1 Å². The number of aromatic amines is 1. The fourth-order valence-corrected chi connectivity index (χ4v) is 4.25. The molecule has 1 atom stereocenters. The van der Waals surface area contributed by atoms with Crippen LogP contribution in [0.1, 0.15) is 11.3 Å². The standard InChI is InChI=1S/C19H15N5O3S/c25-16-8-12(21-19-23(16)5-6-28-19)10-24-17(26)15(22-18(24)27)7-11-9-20-14-4-2-1-3-13(11)14/h1-6,8-9,15,20H,7,10H2,(H,22,27)/t15-/m1/s1. The third-order valence-electron chi connectivity index (χ3n) is 4.88. The van der Waals surface area contributed by atoms with Crippen molar-refractivity contribution in [3.63, 3.8) is 0 Å². The van der Waals surface area contributed by atoms with Crippen molar-refractivity contribution in [3.8, 4) is 0 Å². The number of hydrogen-bond acceptors (Lipinski definition) is 5. The predicted octanol–water partition coefficient (Wildman–Crippen LogP) is 1.90. The van der Waals surface area contributed by atoms with Gasteiger partial charge in [0, 0.05) is 41.2 Å². The van der Waals surface area contributed by atoms with Gasteiger partial charge in [0.1, 0.15) is 6.04 Å². The fourth-order valence-electron chi connectivity index (χ4n) is 3.52. The molecule has 0 unspecified atom stereocenters. The number of rotatable bonds is 4. The first kappa shape index (κ1) is 16.7. The number of hydrogen-bond donors (Lipinski definition) is 2. The molecule has 28 heavy (non-hydrogen) atoms. The molecule has 5 rings (SSSR count). The fraction of sp³-hybridized carbons (Fsp3) is 0.158. The van der Waals surface area contributed by atoms with Crippen molar-refractivity contribution in [1.82, 2.24) is 24.6 Å². The van der Waals surface area contributed by atoms with Gasteiger partial charge in [0.15, 0.2) is 4.96 Å². The van der Waals surface area contributed by atoms with Crippen LogP contribution in [-0.2, 0) is 17.8 Å². The Morgan fingerprint density at radius 3 is 2.93 bits per heavy atom. The van der Waals surface area contributed by atoms with Crippen LogP contribution >= 0.6 is 11.3 Å². The molecule has 0 aliphatic carbocycles. The number of nitrogens with zero attached hydrogens (tertiary/aromatic N) is 3. The van der Waals surface area contributed by atoms with Crippen LogP contribution in [0.5, 0.6) is 0 Å². The third-order valence-corrected chi connectivity index (χ3v) is 5.64. The van der Waals surface area contributed by atoms with E-state index in [4.69, 9.17) is 0 Å². The zero-order valence-electron chi connectivity index (χ0n) is 14.6. The lowest BCUT2D eigenvalue weighted by Gasteiger charge is -2.12. The predicted molar refractivity (Wildman–Crippen MR) is 104 cm³/mol. The summed E-state index contributed by atoms with van der Waals surface area (Å²) in [5, 5.41) is 5.53. The van der Waals surface area contributed by atoms with Gasteiger partial charge in [0.2, 0.25) is 0 Å². The van der Waals surface area contributed by atoms with Crippen LogP contribution in [0, 0.1) is 0 Å². The van der Waals surface area contributed by atoms with Gasteiger partial charge in [-0.1, -0.05) is 18.2 Å². The van der Waals surface area contributed by atoms with Crippen LogP contribution in [0.2, 0.25) is 0 Å². The smallest absolute Gasteiger partial charge is 0.325 e. The van der Waals surface area contributed by atoms with E-state index in [1.54, 1.807) is 11.6 Å². The average Bonchev–Trinajstić information content (AvgIpc) is 3.38. The van der Waals surface area contributed by atoms with Gasteiger partial charge < -0.3 is 10.3 Å². The molecule has 4 heterocycles. The van der Waals surface area contributed by atoms with Crippen molar-refractivity contribution >= 4 is 39.1 Å². The van der Waals surface area contributed by atoms with Gasteiger partial charge in [-0.3, -0.25) is 18.9 Å². The van der Waals surface area contributed by atoms with E-state index in [-0.39, 0.29) is 18.0 Å². The molecular formula is C19H15N5O3S. The molecule has 9 heteroatoms. The van der Waals surface area contributed by atoms with Gasteiger partial charge in [-0.25, -0.2) is 9.78 Å². The highest BCUT2D eigenvalue weighted by Crippen LogP contribution is 2.21. The van der Waals surface area contributed by atoms with E-state index in [2.05, 4.69) is 15.3 Å². The molecule has 1 fully saturated rings. The second-order valence-corrected chi connectivity index (χ2v) is 7.50. The molecule has 4 aromatic rings. The van der Waals surface area contributed by atoms with Crippen molar-refractivity contribution in [2.75, 3.05) is 0 Å². The number of benzene rings is 1. The number of nitrogens with one attached hydrogen (secondary N) is 2. The van der Waals surface area contributed by atoms with Gasteiger partial charge in [0.25, 0.3) is 11.5 Å². The molecule has 2 N–H and O–H groups in total. The van der Waals surface area contributed by atoms with E-state index in [1.165, 1.54) is 21.8 Å². The Kier molecular flexibility index (Phi) is 3.76. The highest BCUT2D eigenvalue weighted by Gasteiger charge is 2.38. The number of fused-ring (bicyclic) bond motifs is 2. The topological polar surface area (TPSA) is 99.6 Å². The number of para-hydroxylation sites is 1. The van der Waals surface area contributed by atoms with E-state index in [1.807, 2.05) is 30.5 Å². The lowest BCUT2D eigenvalue weighted by atomic mass is 10.1. The Morgan fingerprint density at radius 2 is 2.04 bits per heavy atom. The minimum Gasteiger partial charge on any atom is -0.361 e. The van der Waals surface area contributed by atoms with Gasteiger partial charge in [-0.15, -0.1) is 11.3 Å². The van der Waals surface area contributed by atoms with Gasteiger partial charge >= 0.3 is 6.03 Å². The molecule has 140 valence electrons. The summed E-state index contributed by atoms with van der Waals surface area (Å²) in [6.45, 7) is -0.0291. The summed E-state index contributed by atoms with van der Waals surface area (Å²) in [7, 11) is 0. The van der Waals surface area contributed by atoms with Crippen LogP contribution in [-0.4, -0.2) is 37.2 Å².